The standard InChI is InChI=1S/C29H34N.2C28H32N.C27H30N/c1-21-9-5-6-10-26(21)28-18-27(22(2)20-30(28)3)24-11-12-25-19-29(14-7-4-8-15-29)16-13-23(25)17-24;1-20-9-5-6-10-25(20)27-16-26(21(2)19-29(27)3)22-11-12-23-17-28(18-24(23)15-22)13-7-4-8-14-28;1-20-8-4-5-9-25(20)27-17-26(21(2)19-29(27)3)23-10-11-24-18-28(13-6-7-14-28)15-12-22(24)16-23;1-19-8-4-5-9-24(19)26-15-25(20(2)18-28(26)3)21-10-11-22-16-27(12-6-7-13-27)17-23(22)14-21/h5-6,9-12,17-18,20H,4,7-8,13-16,19H2,1-3H3;5-6,9-12,15-16,19H,4,7-8,13-14,17-18H2,1-3H3;4-5,8-11,16-17,19H,6-7,12-15,18H2,1-3H3;4-5,8-11,14-15,18H,6-7,12-13,16-17H2,1-3H3/q4*+1. The van der Waals surface area contributed by atoms with Gasteiger partial charge in [0.2, 0.25) is 22.8 Å². The van der Waals surface area contributed by atoms with Gasteiger partial charge in [0.15, 0.2) is 24.8 Å². The van der Waals surface area contributed by atoms with Crippen LogP contribution in [-0.4, -0.2) is 0 Å². The molecule has 0 unspecified atom stereocenters. The van der Waals surface area contributed by atoms with E-state index in [4.69, 9.17) is 0 Å². The molecule has 0 aliphatic heterocycles. The van der Waals surface area contributed by atoms with Crippen LogP contribution in [0.25, 0.3) is 89.5 Å². The van der Waals surface area contributed by atoms with Crippen LogP contribution in [0.5, 0.6) is 0 Å². The van der Waals surface area contributed by atoms with Crippen molar-refractivity contribution < 1.29 is 18.3 Å². The van der Waals surface area contributed by atoms with Crippen molar-refractivity contribution in [3.63, 3.8) is 0 Å². The Morgan fingerprint density at radius 2 is 0.422 bits per heavy atom. The topological polar surface area (TPSA) is 15.5 Å². The quantitative estimate of drug-likeness (QED) is 0.135. The molecule has 0 amide bonds. The smallest absolute Gasteiger partial charge is 0.201 e. The molecule has 4 fully saturated rings. The monoisotopic (exact) mass is 1530 g/mol. The summed E-state index contributed by atoms with van der Waals surface area (Å²) in [6.07, 6.45) is 48.1. The van der Waals surface area contributed by atoms with E-state index in [0.717, 1.165) is 0 Å². The fourth-order valence-electron chi connectivity index (χ4n) is 23.5. The highest BCUT2D eigenvalue weighted by atomic mass is 14.9. The second-order valence-electron chi connectivity index (χ2n) is 38.3. The van der Waals surface area contributed by atoms with Crippen LogP contribution in [0.1, 0.15) is 217 Å². The Labute approximate surface area is 696 Å². The summed E-state index contributed by atoms with van der Waals surface area (Å²) >= 11 is 0. The molecule has 0 bridgehead atoms. The van der Waals surface area contributed by atoms with Gasteiger partial charge in [0.1, 0.15) is 28.2 Å². The van der Waals surface area contributed by atoms with Crippen LogP contribution in [0.15, 0.2) is 219 Å². The fourth-order valence-corrected chi connectivity index (χ4v) is 23.5. The summed E-state index contributed by atoms with van der Waals surface area (Å²) in [6, 6.07) is 73.5. The molecule has 20 rings (SSSR count). The van der Waals surface area contributed by atoms with Gasteiger partial charge in [-0.2, -0.15) is 0 Å². The minimum absolute atomic E-state index is 0.573. The maximum atomic E-state index is 2.50. The molecule has 116 heavy (non-hydrogen) atoms. The third kappa shape index (κ3) is 16.2. The van der Waals surface area contributed by atoms with E-state index in [1.54, 1.807) is 44.5 Å². The predicted octanol–water partition coefficient (Wildman–Crippen LogP) is 26.0. The molecule has 8 aliphatic rings. The number of hydrogen-bond acceptors (Lipinski definition) is 0. The third-order valence-electron chi connectivity index (χ3n) is 30.0. The molecular weight excluding hydrogens is 1400 g/mol. The van der Waals surface area contributed by atoms with E-state index in [0.29, 0.717) is 21.7 Å². The highest BCUT2D eigenvalue weighted by Gasteiger charge is 2.42. The molecule has 592 valence electrons. The maximum Gasteiger partial charge on any atom is 0.213 e. The predicted molar refractivity (Wildman–Crippen MR) is 484 cm³/mol. The minimum atomic E-state index is 0.573. The SMILES string of the molecule is Cc1c[n+](C)c(-c2ccccc2C)cc1-c1ccc2c(c1)CC1(CCCC1)C2.Cc1c[n+](C)c(-c2ccccc2C)cc1-c1ccc2c(c1)CC1(CCCCC1)C2.Cc1c[n+](C)c(-c2ccccc2C)cc1-c1ccc2c(c1)CCC1(CCCC1)C2.Cc1c[n+](C)c(-c2ccccc2C)cc1-c1ccc2c(c1)CCC1(CCCCC1)C2. The number of aryl methyl sites for hydroxylation is 14. The van der Waals surface area contributed by atoms with Crippen LogP contribution >= 0.6 is 0 Å². The van der Waals surface area contributed by atoms with Crippen LogP contribution in [0.2, 0.25) is 0 Å². The number of benzene rings is 8. The van der Waals surface area contributed by atoms with E-state index in [2.05, 4.69) is 321 Å². The van der Waals surface area contributed by atoms with Gasteiger partial charge in [0.05, 0.1) is 0 Å². The molecule has 4 nitrogen and oxygen atoms in total. The Morgan fingerprint density at radius 3 is 0.698 bits per heavy atom. The summed E-state index contributed by atoms with van der Waals surface area (Å²) in [6.45, 7) is 17.8. The van der Waals surface area contributed by atoms with Gasteiger partial charge in [0.25, 0.3) is 0 Å². The van der Waals surface area contributed by atoms with Gasteiger partial charge in [-0.05, 0) is 328 Å². The van der Waals surface area contributed by atoms with Gasteiger partial charge < -0.3 is 0 Å². The van der Waals surface area contributed by atoms with E-state index in [1.165, 1.54) is 314 Å². The molecule has 4 spiro atoms. The Bertz CT molecular complexity index is 5670. The van der Waals surface area contributed by atoms with Crippen molar-refractivity contribution in [1.29, 1.82) is 0 Å². The van der Waals surface area contributed by atoms with Gasteiger partial charge in [-0.15, -0.1) is 0 Å². The maximum absolute atomic E-state index is 2.50. The molecular formula is C112H128N4+4. The second kappa shape index (κ2) is 33.0. The van der Waals surface area contributed by atoms with Crippen molar-refractivity contribution in [3.05, 3.63) is 308 Å². The molecule has 12 aromatic rings. The zero-order valence-corrected chi connectivity index (χ0v) is 72.4. The van der Waals surface area contributed by atoms with E-state index in [-0.39, 0.29) is 0 Å². The van der Waals surface area contributed by atoms with Crippen molar-refractivity contribution in [1.82, 2.24) is 0 Å². The first kappa shape index (κ1) is 78.9. The Kier molecular flexibility index (Phi) is 22.5. The summed E-state index contributed by atoms with van der Waals surface area (Å²) in [5.74, 6) is 0. The van der Waals surface area contributed by atoms with Crippen molar-refractivity contribution >= 4 is 0 Å². The molecule has 8 aliphatic carbocycles. The molecule has 8 aromatic carbocycles. The van der Waals surface area contributed by atoms with Crippen LogP contribution in [0.3, 0.4) is 0 Å². The molecule has 4 saturated carbocycles. The zero-order chi connectivity index (χ0) is 80.0. The molecule has 4 heterocycles. The Balaban J connectivity index is 0.000000111. The number of nitrogens with zero attached hydrogens (tertiary/aromatic N) is 4. The van der Waals surface area contributed by atoms with E-state index in [1.807, 2.05) is 0 Å². The number of aromatic nitrogens is 4. The summed E-state index contributed by atoms with van der Waals surface area (Å²) < 4.78 is 9.07. The lowest BCUT2D eigenvalue weighted by Crippen LogP contribution is -2.31. The molecule has 0 N–H and O–H groups in total. The third-order valence-corrected chi connectivity index (χ3v) is 30.0. The van der Waals surface area contributed by atoms with Crippen LogP contribution in [0.4, 0.5) is 0 Å². The number of pyridine rings is 4. The van der Waals surface area contributed by atoms with Gasteiger partial charge in [-0.25, -0.2) is 18.3 Å². The average Bonchev–Trinajstić information content (AvgIpc) is 1.35. The van der Waals surface area contributed by atoms with Crippen molar-refractivity contribution in [2.24, 2.45) is 49.9 Å². The summed E-state index contributed by atoms with van der Waals surface area (Å²) in [4.78, 5) is 0. The summed E-state index contributed by atoms with van der Waals surface area (Å²) in [7, 11) is 8.64. The van der Waals surface area contributed by atoms with Crippen molar-refractivity contribution in [2.75, 3.05) is 0 Å². The highest BCUT2D eigenvalue weighted by molar-refractivity contribution is 5.78. The van der Waals surface area contributed by atoms with Gasteiger partial charge in [-0.1, -0.05) is 210 Å². The lowest BCUT2D eigenvalue weighted by molar-refractivity contribution is -0.660. The first-order chi connectivity index (χ1) is 56.2. The number of fused-ring (bicyclic) bond motifs is 4. The zero-order valence-electron chi connectivity index (χ0n) is 72.4. The van der Waals surface area contributed by atoms with Crippen molar-refractivity contribution in [2.45, 2.75) is 235 Å². The minimum Gasteiger partial charge on any atom is -0.201 e. The molecule has 0 saturated heterocycles. The van der Waals surface area contributed by atoms with Crippen molar-refractivity contribution in [3.8, 4) is 89.5 Å². The van der Waals surface area contributed by atoms with Gasteiger partial charge >= 0.3 is 0 Å². The van der Waals surface area contributed by atoms with E-state index >= 15 is 0 Å². The molecule has 4 heteroatoms. The summed E-state index contributed by atoms with van der Waals surface area (Å²) in [5.41, 5.74) is 47.3. The molecule has 0 radical (unpaired) electrons. The number of rotatable bonds is 8. The normalized spacial score (nSPS) is 17.5. The highest BCUT2D eigenvalue weighted by Crippen LogP contribution is 2.53. The fraction of sp³-hybridized carbons (Fsp3) is 0.393. The summed E-state index contributed by atoms with van der Waals surface area (Å²) in [5, 5.41) is 0. The lowest BCUT2D eigenvalue weighted by atomic mass is 9.64. The van der Waals surface area contributed by atoms with E-state index < -0.39 is 0 Å². The molecule has 0 atom stereocenters. The van der Waals surface area contributed by atoms with Crippen LogP contribution in [0, 0.1) is 77.0 Å². The van der Waals surface area contributed by atoms with Gasteiger partial charge in [-0.3, -0.25) is 0 Å². The van der Waals surface area contributed by atoms with Gasteiger partial charge in [0, 0.05) is 68.8 Å². The van der Waals surface area contributed by atoms with E-state index in [9.17, 15) is 0 Å². The second-order valence-corrected chi connectivity index (χ2v) is 38.3. The Hall–Kier alpha value is -9.64. The first-order valence-corrected chi connectivity index (χ1v) is 44.9. The lowest BCUT2D eigenvalue weighted by Gasteiger charge is -2.41. The Morgan fingerprint density at radius 1 is 0.198 bits per heavy atom. The average molecular weight is 1530 g/mol. The molecule has 4 aromatic heterocycles. The van der Waals surface area contributed by atoms with Crippen LogP contribution in [-0.2, 0) is 79.6 Å². The largest absolute Gasteiger partial charge is 0.213 e. The number of hydrogen-bond donors (Lipinski definition) is 0. The first-order valence-electron chi connectivity index (χ1n) is 44.9. The van der Waals surface area contributed by atoms with Crippen LogP contribution < -0.4 is 18.3 Å².